The van der Waals surface area contributed by atoms with Gasteiger partial charge in [-0.3, -0.25) is 0 Å². The van der Waals surface area contributed by atoms with Crippen molar-refractivity contribution in [2.45, 2.75) is 38.3 Å². The molecule has 2 N–H and O–H groups in total. The molecule has 1 fully saturated rings. The minimum atomic E-state index is -0.347. The van der Waals surface area contributed by atoms with Gasteiger partial charge in [0.15, 0.2) is 0 Å². The van der Waals surface area contributed by atoms with Crippen molar-refractivity contribution in [2.24, 2.45) is 5.73 Å². The second-order valence-electron chi connectivity index (χ2n) is 5.15. The highest BCUT2D eigenvalue weighted by atomic mass is 32.2. The normalized spacial score (nSPS) is 18.1. The molecule has 0 radical (unpaired) electrons. The van der Waals surface area contributed by atoms with Crippen LogP contribution in [0, 0.1) is 0 Å². The van der Waals surface area contributed by atoms with E-state index in [1.54, 1.807) is 0 Å². The van der Waals surface area contributed by atoms with Crippen molar-refractivity contribution in [2.75, 3.05) is 11.5 Å². The SMILES string of the molecule is CC(C)(N)c1ccccc1OC1CCSCC1. The molecule has 0 atom stereocenters. The zero-order valence-corrected chi connectivity index (χ0v) is 11.4. The molecule has 3 heteroatoms. The van der Waals surface area contributed by atoms with Crippen LogP contribution in [-0.4, -0.2) is 17.6 Å². The molecule has 0 saturated carbocycles. The van der Waals surface area contributed by atoms with Gasteiger partial charge < -0.3 is 10.5 Å². The van der Waals surface area contributed by atoms with Gasteiger partial charge in [-0.1, -0.05) is 18.2 Å². The summed E-state index contributed by atoms with van der Waals surface area (Å²) in [5.74, 6) is 3.37. The molecule has 0 spiro atoms. The van der Waals surface area contributed by atoms with Gasteiger partial charge in [-0.15, -0.1) is 0 Å². The van der Waals surface area contributed by atoms with Crippen molar-refractivity contribution in [3.63, 3.8) is 0 Å². The molecule has 17 heavy (non-hydrogen) atoms. The van der Waals surface area contributed by atoms with Crippen LogP contribution in [-0.2, 0) is 5.54 Å². The molecule has 0 bridgehead atoms. The van der Waals surface area contributed by atoms with Crippen LogP contribution in [0.15, 0.2) is 24.3 Å². The molecular formula is C14H21NOS. The largest absolute Gasteiger partial charge is 0.490 e. The number of hydrogen-bond acceptors (Lipinski definition) is 3. The van der Waals surface area contributed by atoms with E-state index in [1.165, 1.54) is 11.5 Å². The lowest BCUT2D eigenvalue weighted by atomic mass is 9.94. The maximum atomic E-state index is 6.18. The van der Waals surface area contributed by atoms with Crippen LogP contribution in [0.5, 0.6) is 5.75 Å². The van der Waals surface area contributed by atoms with Crippen molar-refractivity contribution in [3.8, 4) is 5.75 Å². The Morgan fingerprint density at radius 3 is 2.53 bits per heavy atom. The van der Waals surface area contributed by atoms with Gasteiger partial charge in [-0.05, 0) is 44.3 Å². The average molecular weight is 251 g/mol. The number of para-hydroxylation sites is 1. The first-order chi connectivity index (χ1) is 8.07. The maximum Gasteiger partial charge on any atom is 0.124 e. The lowest BCUT2D eigenvalue weighted by Crippen LogP contribution is -2.30. The molecule has 1 saturated heterocycles. The number of ether oxygens (including phenoxy) is 1. The summed E-state index contributed by atoms with van der Waals surface area (Å²) in [5.41, 5.74) is 6.93. The number of nitrogens with two attached hydrogens (primary N) is 1. The van der Waals surface area contributed by atoms with Gasteiger partial charge >= 0.3 is 0 Å². The predicted octanol–water partition coefficient (Wildman–Crippen LogP) is 3.15. The Kier molecular flexibility index (Phi) is 4.00. The fourth-order valence-electron chi connectivity index (χ4n) is 2.08. The first kappa shape index (κ1) is 12.8. The summed E-state index contributed by atoms with van der Waals surface area (Å²) in [6.07, 6.45) is 2.65. The van der Waals surface area contributed by atoms with Gasteiger partial charge in [-0.25, -0.2) is 0 Å². The molecule has 1 heterocycles. The Morgan fingerprint density at radius 2 is 1.88 bits per heavy atom. The fourth-order valence-corrected chi connectivity index (χ4v) is 3.14. The highest BCUT2D eigenvalue weighted by molar-refractivity contribution is 7.99. The lowest BCUT2D eigenvalue weighted by Gasteiger charge is -2.27. The van der Waals surface area contributed by atoms with Crippen LogP contribution < -0.4 is 10.5 Å². The molecule has 0 aliphatic carbocycles. The Morgan fingerprint density at radius 1 is 1.24 bits per heavy atom. The van der Waals surface area contributed by atoms with Crippen LogP contribution in [0.3, 0.4) is 0 Å². The molecule has 0 aromatic heterocycles. The van der Waals surface area contributed by atoms with Crippen molar-refractivity contribution in [1.82, 2.24) is 0 Å². The molecular weight excluding hydrogens is 230 g/mol. The summed E-state index contributed by atoms with van der Waals surface area (Å²) < 4.78 is 6.12. The first-order valence-electron chi connectivity index (χ1n) is 6.20. The van der Waals surface area contributed by atoms with Gasteiger partial charge in [0.1, 0.15) is 11.9 Å². The van der Waals surface area contributed by atoms with E-state index in [9.17, 15) is 0 Å². The van der Waals surface area contributed by atoms with Crippen molar-refractivity contribution in [1.29, 1.82) is 0 Å². The number of benzene rings is 1. The van der Waals surface area contributed by atoms with Crippen molar-refractivity contribution >= 4 is 11.8 Å². The van der Waals surface area contributed by atoms with Crippen LogP contribution >= 0.6 is 11.8 Å². The molecule has 0 amide bonds. The summed E-state index contributed by atoms with van der Waals surface area (Å²) in [6, 6.07) is 8.13. The summed E-state index contributed by atoms with van der Waals surface area (Å²) in [6.45, 7) is 4.04. The summed E-state index contributed by atoms with van der Waals surface area (Å²) in [5, 5.41) is 0. The van der Waals surface area contributed by atoms with E-state index in [0.717, 1.165) is 24.2 Å². The number of rotatable bonds is 3. The van der Waals surface area contributed by atoms with Gasteiger partial charge in [0.25, 0.3) is 0 Å². The molecule has 1 aromatic carbocycles. The molecule has 1 aliphatic rings. The molecule has 2 nitrogen and oxygen atoms in total. The molecule has 1 aliphatic heterocycles. The van der Waals surface area contributed by atoms with Gasteiger partial charge in [0.2, 0.25) is 0 Å². The van der Waals surface area contributed by atoms with Crippen LogP contribution in [0.2, 0.25) is 0 Å². The van der Waals surface area contributed by atoms with Crippen LogP contribution in [0.4, 0.5) is 0 Å². The van der Waals surface area contributed by atoms with Crippen LogP contribution in [0.25, 0.3) is 0 Å². The smallest absolute Gasteiger partial charge is 0.124 e. The highest BCUT2D eigenvalue weighted by Crippen LogP contribution is 2.30. The molecule has 2 rings (SSSR count). The average Bonchev–Trinajstić information content (AvgIpc) is 2.30. The fraction of sp³-hybridized carbons (Fsp3) is 0.571. The third-order valence-electron chi connectivity index (χ3n) is 3.04. The van der Waals surface area contributed by atoms with E-state index in [0.29, 0.717) is 6.10 Å². The highest BCUT2D eigenvalue weighted by Gasteiger charge is 2.22. The monoisotopic (exact) mass is 251 g/mol. The van der Waals surface area contributed by atoms with E-state index < -0.39 is 0 Å². The molecule has 94 valence electrons. The van der Waals surface area contributed by atoms with Gasteiger partial charge in [0, 0.05) is 11.1 Å². The van der Waals surface area contributed by atoms with Crippen molar-refractivity contribution < 1.29 is 4.74 Å². The van der Waals surface area contributed by atoms with Crippen LogP contribution in [0.1, 0.15) is 32.3 Å². The molecule has 1 aromatic rings. The van der Waals surface area contributed by atoms with E-state index in [2.05, 4.69) is 6.07 Å². The van der Waals surface area contributed by atoms with E-state index in [4.69, 9.17) is 10.5 Å². The first-order valence-corrected chi connectivity index (χ1v) is 7.35. The Balaban J connectivity index is 2.14. The molecule has 0 unspecified atom stereocenters. The van der Waals surface area contributed by atoms with E-state index in [1.807, 2.05) is 43.8 Å². The number of thioether (sulfide) groups is 1. The zero-order valence-electron chi connectivity index (χ0n) is 10.6. The van der Waals surface area contributed by atoms with Crippen molar-refractivity contribution in [3.05, 3.63) is 29.8 Å². The summed E-state index contributed by atoms with van der Waals surface area (Å²) in [7, 11) is 0. The summed E-state index contributed by atoms with van der Waals surface area (Å²) >= 11 is 2.01. The van der Waals surface area contributed by atoms with E-state index in [-0.39, 0.29) is 5.54 Å². The maximum absolute atomic E-state index is 6.18. The third-order valence-corrected chi connectivity index (χ3v) is 4.09. The third kappa shape index (κ3) is 3.39. The predicted molar refractivity (Wildman–Crippen MR) is 74.6 cm³/mol. The summed E-state index contributed by atoms with van der Waals surface area (Å²) in [4.78, 5) is 0. The lowest BCUT2D eigenvalue weighted by molar-refractivity contribution is 0.188. The Labute approximate surface area is 108 Å². The quantitative estimate of drug-likeness (QED) is 0.896. The Hall–Kier alpha value is -0.670. The second kappa shape index (κ2) is 5.32. The van der Waals surface area contributed by atoms with Gasteiger partial charge in [-0.2, -0.15) is 11.8 Å². The van der Waals surface area contributed by atoms with Gasteiger partial charge in [0.05, 0.1) is 0 Å². The second-order valence-corrected chi connectivity index (χ2v) is 6.37. The zero-order chi connectivity index (χ0) is 12.3. The Bertz CT molecular complexity index is 367. The minimum Gasteiger partial charge on any atom is -0.490 e. The standard InChI is InChI=1S/C14H21NOS/c1-14(2,15)12-5-3-4-6-13(12)16-11-7-9-17-10-8-11/h3-6,11H,7-10,15H2,1-2H3. The number of hydrogen-bond donors (Lipinski definition) is 1. The topological polar surface area (TPSA) is 35.2 Å². The van der Waals surface area contributed by atoms with E-state index >= 15 is 0 Å². The minimum absolute atomic E-state index is 0.347.